The molecule has 0 unspecified atom stereocenters. The molecule has 0 fully saturated rings. The van der Waals surface area contributed by atoms with Gasteiger partial charge >= 0.3 is 0 Å². The molecule has 0 saturated heterocycles. The maximum absolute atomic E-state index is 12.1. The Morgan fingerprint density at radius 2 is 1.96 bits per heavy atom. The lowest BCUT2D eigenvalue weighted by Gasteiger charge is -2.15. The fraction of sp³-hybridized carbons (Fsp3) is 0.217. The molecule has 0 bridgehead atoms. The zero-order valence-electron chi connectivity index (χ0n) is 16.3. The van der Waals surface area contributed by atoms with Crippen molar-refractivity contribution in [2.45, 2.75) is 20.0 Å². The van der Waals surface area contributed by atoms with Crippen molar-refractivity contribution in [2.75, 3.05) is 14.1 Å². The molecule has 5 heteroatoms. The van der Waals surface area contributed by atoms with Crippen molar-refractivity contribution in [1.29, 1.82) is 5.26 Å². The van der Waals surface area contributed by atoms with Crippen LogP contribution in [0, 0.1) is 18.3 Å². The molecule has 0 N–H and O–H groups in total. The molecule has 2 aromatic carbocycles. The molecular formula is C23H23BrN2O2. The Morgan fingerprint density at radius 1 is 1.29 bits per heavy atom. The topological polar surface area (TPSA) is 53.3 Å². The average Bonchev–Trinajstić information content (AvgIpc) is 2.66. The van der Waals surface area contributed by atoms with E-state index >= 15 is 0 Å². The minimum atomic E-state index is -0.330. The summed E-state index contributed by atoms with van der Waals surface area (Å²) in [6.45, 7) is 6.31. The fourth-order valence-electron chi connectivity index (χ4n) is 2.61. The van der Waals surface area contributed by atoms with Gasteiger partial charge in [0.1, 0.15) is 24.0 Å². The molecule has 0 saturated carbocycles. The summed E-state index contributed by atoms with van der Waals surface area (Å²) >= 11 is 3.56. The standard InChI is InChI=1S/C23H23BrN2O2/c1-5-6-19-11-18(12-20(14-25)23(27)26(3)4)13-21(24)22(19)28-15-17-9-7-16(2)8-10-17/h5,7-13H,1,6,15H2,2-4H3/b20-12-. The number of benzene rings is 2. The molecule has 0 aromatic heterocycles. The zero-order chi connectivity index (χ0) is 20.7. The minimum Gasteiger partial charge on any atom is -0.487 e. The van der Waals surface area contributed by atoms with Crippen molar-refractivity contribution < 1.29 is 9.53 Å². The van der Waals surface area contributed by atoms with Gasteiger partial charge in [-0.3, -0.25) is 4.79 Å². The molecule has 2 rings (SSSR count). The normalized spacial score (nSPS) is 10.9. The van der Waals surface area contributed by atoms with Gasteiger partial charge in [0.25, 0.3) is 5.91 Å². The first-order chi connectivity index (χ1) is 13.3. The summed E-state index contributed by atoms with van der Waals surface area (Å²) in [4.78, 5) is 13.5. The van der Waals surface area contributed by atoms with Crippen LogP contribution in [0.15, 0.2) is 59.1 Å². The summed E-state index contributed by atoms with van der Waals surface area (Å²) in [5.41, 5.74) is 4.04. The van der Waals surface area contributed by atoms with Crippen LogP contribution in [0.25, 0.3) is 6.08 Å². The predicted octanol–water partition coefficient (Wildman–Crippen LogP) is 5.06. The summed E-state index contributed by atoms with van der Waals surface area (Å²) in [6.07, 6.45) is 3.99. The highest BCUT2D eigenvalue weighted by atomic mass is 79.9. The number of carbonyl (C=O) groups is 1. The van der Waals surface area contributed by atoms with E-state index in [4.69, 9.17) is 4.74 Å². The van der Waals surface area contributed by atoms with E-state index in [9.17, 15) is 10.1 Å². The zero-order valence-corrected chi connectivity index (χ0v) is 17.9. The Hall–Kier alpha value is -2.84. The van der Waals surface area contributed by atoms with Crippen LogP contribution >= 0.6 is 15.9 Å². The van der Waals surface area contributed by atoms with Gasteiger partial charge in [-0.1, -0.05) is 35.9 Å². The van der Waals surface area contributed by atoms with E-state index < -0.39 is 0 Å². The smallest absolute Gasteiger partial charge is 0.264 e. The van der Waals surface area contributed by atoms with Gasteiger partial charge in [-0.25, -0.2) is 0 Å². The van der Waals surface area contributed by atoms with Crippen molar-refractivity contribution in [1.82, 2.24) is 4.90 Å². The fourth-order valence-corrected chi connectivity index (χ4v) is 3.25. The van der Waals surface area contributed by atoms with Gasteiger partial charge in [-0.05, 0) is 64.2 Å². The first-order valence-corrected chi connectivity index (χ1v) is 9.60. The third-order valence-electron chi connectivity index (χ3n) is 4.08. The summed E-state index contributed by atoms with van der Waals surface area (Å²) in [5.74, 6) is 0.402. The number of rotatable bonds is 7. The predicted molar refractivity (Wildman–Crippen MR) is 116 cm³/mol. The van der Waals surface area contributed by atoms with Crippen molar-refractivity contribution in [3.63, 3.8) is 0 Å². The van der Waals surface area contributed by atoms with E-state index in [1.54, 1.807) is 26.2 Å². The van der Waals surface area contributed by atoms with Crippen molar-refractivity contribution in [3.05, 3.63) is 81.4 Å². The first-order valence-electron chi connectivity index (χ1n) is 8.80. The number of ether oxygens (including phenoxy) is 1. The highest BCUT2D eigenvalue weighted by Crippen LogP contribution is 2.33. The molecule has 1 amide bonds. The molecule has 0 aliphatic heterocycles. The van der Waals surface area contributed by atoms with Crippen LogP contribution in [-0.2, 0) is 17.8 Å². The second-order valence-corrected chi connectivity index (χ2v) is 7.48. The molecule has 0 aliphatic rings. The molecule has 0 radical (unpaired) electrons. The van der Waals surface area contributed by atoms with Crippen molar-refractivity contribution in [3.8, 4) is 11.8 Å². The quantitative estimate of drug-likeness (QED) is 0.344. The summed E-state index contributed by atoms with van der Waals surface area (Å²) in [5, 5.41) is 9.31. The van der Waals surface area contributed by atoms with Crippen LogP contribution < -0.4 is 4.74 Å². The Balaban J connectivity index is 2.35. The Bertz CT molecular complexity index is 938. The molecule has 0 aliphatic carbocycles. The van der Waals surface area contributed by atoms with Crippen LogP contribution in [0.5, 0.6) is 5.75 Å². The van der Waals surface area contributed by atoms with E-state index in [2.05, 4.69) is 34.6 Å². The highest BCUT2D eigenvalue weighted by Gasteiger charge is 2.14. The van der Waals surface area contributed by atoms with Crippen molar-refractivity contribution in [2.24, 2.45) is 0 Å². The number of hydrogen-bond donors (Lipinski definition) is 0. The molecule has 144 valence electrons. The number of halogens is 1. The van der Waals surface area contributed by atoms with Crippen LogP contribution in [0.2, 0.25) is 0 Å². The van der Waals surface area contributed by atoms with Gasteiger partial charge in [0.05, 0.1) is 4.47 Å². The summed E-state index contributed by atoms with van der Waals surface area (Å²) in [6, 6.07) is 13.9. The number of aryl methyl sites for hydroxylation is 1. The van der Waals surface area contributed by atoms with Crippen LogP contribution in [0.1, 0.15) is 22.3 Å². The number of allylic oxidation sites excluding steroid dienone is 1. The van der Waals surface area contributed by atoms with Gasteiger partial charge in [-0.2, -0.15) is 5.26 Å². The molecule has 2 aromatic rings. The maximum Gasteiger partial charge on any atom is 0.264 e. The Morgan fingerprint density at radius 3 is 2.54 bits per heavy atom. The average molecular weight is 439 g/mol. The van der Waals surface area contributed by atoms with E-state index in [1.165, 1.54) is 10.5 Å². The monoisotopic (exact) mass is 438 g/mol. The molecular weight excluding hydrogens is 416 g/mol. The third-order valence-corrected chi connectivity index (χ3v) is 4.67. The molecule has 0 atom stereocenters. The number of carbonyl (C=O) groups excluding carboxylic acids is 1. The van der Waals surface area contributed by atoms with Gasteiger partial charge in [0, 0.05) is 14.1 Å². The van der Waals surface area contributed by atoms with Gasteiger partial charge in [0.2, 0.25) is 0 Å². The van der Waals surface area contributed by atoms with E-state index in [-0.39, 0.29) is 11.5 Å². The van der Waals surface area contributed by atoms with Gasteiger partial charge < -0.3 is 9.64 Å². The molecule has 4 nitrogen and oxygen atoms in total. The third kappa shape index (κ3) is 5.58. The van der Waals surface area contributed by atoms with E-state index in [0.717, 1.165) is 26.9 Å². The molecule has 0 spiro atoms. The van der Waals surface area contributed by atoms with Crippen molar-refractivity contribution >= 4 is 27.9 Å². The number of likely N-dealkylation sites (N-methyl/N-ethyl adjacent to an activating group) is 1. The summed E-state index contributed by atoms with van der Waals surface area (Å²) in [7, 11) is 3.24. The SMILES string of the molecule is C=CCc1cc(/C=C(/C#N)C(=O)N(C)C)cc(Br)c1OCc1ccc(C)cc1. The largest absolute Gasteiger partial charge is 0.487 e. The summed E-state index contributed by atoms with van der Waals surface area (Å²) < 4.78 is 6.83. The van der Waals surface area contributed by atoms with Gasteiger partial charge in [-0.15, -0.1) is 6.58 Å². The van der Waals surface area contributed by atoms with Crippen LogP contribution in [-0.4, -0.2) is 24.9 Å². The lowest BCUT2D eigenvalue weighted by Crippen LogP contribution is -2.22. The lowest BCUT2D eigenvalue weighted by molar-refractivity contribution is -0.124. The second kappa shape index (κ2) is 9.91. The van der Waals surface area contributed by atoms with Crippen LogP contribution in [0.4, 0.5) is 0 Å². The number of nitrogens with zero attached hydrogens (tertiary/aromatic N) is 2. The number of hydrogen-bond acceptors (Lipinski definition) is 3. The highest BCUT2D eigenvalue weighted by molar-refractivity contribution is 9.10. The Labute approximate surface area is 174 Å². The second-order valence-electron chi connectivity index (χ2n) is 6.63. The van der Waals surface area contributed by atoms with E-state index in [0.29, 0.717) is 13.0 Å². The maximum atomic E-state index is 12.1. The lowest BCUT2D eigenvalue weighted by atomic mass is 10.0. The Kier molecular flexibility index (Phi) is 7.60. The minimum absolute atomic E-state index is 0.0785. The molecule has 28 heavy (non-hydrogen) atoms. The van der Waals surface area contributed by atoms with E-state index in [1.807, 2.05) is 37.3 Å². The van der Waals surface area contributed by atoms with Crippen LogP contribution in [0.3, 0.4) is 0 Å². The molecule has 0 heterocycles. The number of nitriles is 1. The first kappa shape index (κ1) is 21.5. The van der Waals surface area contributed by atoms with Gasteiger partial charge in [0.15, 0.2) is 0 Å². The number of amides is 1.